The van der Waals surface area contributed by atoms with Gasteiger partial charge in [-0.25, -0.2) is 0 Å². The summed E-state index contributed by atoms with van der Waals surface area (Å²) in [6.45, 7) is 5.65. The van der Waals surface area contributed by atoms with E-state index in [0.29, 0.717) is 25.0 Å². The molecule has 124 valence electrons. The second-order valence-electron chi connectivity index (χ2n) is 5.36. The second-order valence-corrected chi connectivity index (χ2v) is 5.36. The van der Waals surface area contributed by atoms with Crippen molar-refractivity contribution in [2.75, 3.05) is 7.11 Å². The molecule has 0 saturated heterocycles. The van der Waals surface area contributed by atoms with Crippen LogP contribution < -0.4 is 5.32 Å². The maximum Gasteiger partial charge on any atom is 0.257 e. The fourth-order valence-corrected chi connectivity index (χ4v) is 2.58. The Labute approximate surface area is 131 Å². The lowest BCUT2D eigenvalue weighted by atomic mass is 10.1. The summed E-state index contributed by atoms with van der Waals surface area (Å²) in [6.07, 6.45) is 4.39. The van der Waals surface area contributed by atoms with Crippen molar-refractivity contribution in [2.24, 2.45) is 0 Å². The Morgan fingerprint density at radius 3 is 2.50 bits per heavy atom. The number of nitrogens with one attached hydrogen (secondary N) is 1. The monoisotopic (exact) mass is 310 g/mol. The Balaban J connectivity index is 2.95. The van der Waals surface area contributed by atoms with Gasteiger partial charge in [-0.15, -0.1) is 0 Å². The molecule has 0 aromatic heterocycles. The first-order valence-corrected chi connectivity index (χ1v) is 7.91. The first-order valence-electron chi connectivity index (χ1n) is 7.91. The second kappa shape index (κ2) is 8.56. The molecule has 0 fully saturated rings. The Bertz CT molecular complexity index is 459. The van der Waals surface area contributed by atoms with E-state index in [9.17, 15) is 14.4 Å². The molecule has 1 rings (SSSR count). The molecule has 22 heavy (non-hydrogen) atoms. The van der Waals surface area contributed by atoms with E-state index >= 15 is 0 Å². The number of ether oxygens (including phenoxy) is 1. The molecule has 6 nitrogen and oxygen atoms in total. The van der Waals surface area contributed by atoms with Gasteiger partial charge in [0.1, 0.15) is 11.8 Å². The van der Waals surface area contributed by atoms with Gasteiger partial charge in [-0.3, -0.25) is 19.3 Å². The van der Waals surface area contributed by atoms with Crippen LogP contribution in [0.3, 0.4) is 0 Å². The lowest BCUT2D eigenvalue weighted by Crippen LogP contribution is -2.52. The van der Waals surface area contributed by atoms with Crippen molar-refractivity contribution in [3.8, 4) is 0 Å². The summed E-state index contributed by atoms with van der Waals surface area (Å²) < 4.78 is 5.23. The normalized spacial score (nSPS) is 18.9. The van der Waals surface area contributed by atoms with Gasteiger partial charge in [0.05, 0.1) is 13.2 Å². The first kappa shape index (κ1) is 18.2. The largest absolute Gasteiger partial charge is 0.499 e. The SMILES string of the molecule is CCC[C@@H](NC(=O)CC)C(=O)N1C(=O)C=C(OC)[C@@H]1CCC. The van der Waals surface area contributed by atoms with Gasteiger partial charge < -0.3 is 10.1 Å². The van der Waals surface area contributed by atoms with Gasteiger partial charge in [0.2, 0.25) is 5.91 Å². The van der Waals surface area contributed by atoms with Crippen LogP contribution in [0, 0.1) is 0 Å². The Kier molecular flexibility index (Phi) is 7.08. The molecule has 0 bridgehead atoms. The number of methoxy groups -OCH3 is 1. The fraction of sp³-hybridized carbons (Fsp3) is 0.688. The van der Waals surface area contributed by atoms with Gasteiger partial charge in [-0.2, -0.15) is 0 Å². The number of carbonyl (C=O) groups excluding carboxylic acids is 3. The summed E-state index contributed by atoms with van der Waals surface area (Å²) in [6, 6.07) is -1.03. The highest BCUT2D eigenvalue weighted by molar-refractivity contribution is 6.06. The Hall–Kier alpha value is -1.85. The molecule has 2 atom stereocenters. The molecule has 0 radical (unpaired) electrons. The standard InChI is InChI=1S/C16H26N2O4/c1-5-8-11(17-14(19)7-3)16(21)18-12(9-6-2)13(22-4)10-15(18)20/h10-12H,5-9H2,1-4H3,(H,17,19)/t11-,12+/m1/s1. The zero-order chi connectivity index (χ0) is 16.7. The molecule has 1 aliphatic rings. The summed E-state index contributed by atoms with van der Waals surface area (Å²) in [7, 11) is 1.50. The zero-order valence-electron chi connectivity index (χ0n) is 13.8. The molecular formula is C16H26N2O4. The molecule has 3 amide bonds. The molecule has 1 N–H and O–H groups in total. The van der Waals surface area contributed by atoms with E-state index in [1.54, 1.807) is 6.92 Å². The average molecular weight is 310 g/mol. The minimum absolute atomic E-state index is 0.189. The van der Waals surface area contributed by atoms with Crippen molar-refractivity contribution in [1.82, 2.24) is 10.2 Å². The van der Waals surface area contributed by atoms with E-state index in [1.807, 2.05) is 13.8 Å². The van der Waals surface area contributed by atoms with Crippen LogP contribution in [0.15, 0.2) is 11.8 Å². The van der Waals surface area contributed by atoms with Crippen molar-refractivity contribution in [3.63, 3.8) is 0 Å². The number of amides is 3. The highest BCUT2D eigenvalue weighted by Crippen LogP contribution is 2.25. The fourth-order valence-electron chi connectivity index (χ4n) is 2.58. The maximum atomic E-state index is 12.7. The van der Waals surface area contributed by atoms with Crippen LogP contribution in [-0.2, 0) is 19.1 Å². The summed E-state index contributed by atoms with van der Waals surface area (Å²) in [5.74, 6) is -0.398. The number of hydrogen-bond acceptors (Lipinski definition) is 4. The molecule has 1 aliphatic heterocycles. The molecule has 0 spiro atoms. The predicted molar refractivity (Wildman–Crippen MR) is 82.8 cm³/mol. The maximum absolute atomic E-state index is 12.7. The molecular weight excluding hydrogens is 284 g/mol. The van der Waals surface area contributed by atoms with Crippen LogP contribution in [-0.4, -0.2) is 41.8 Å². The number of hydrogen-bond donors (Lipinski definition) is 1. The highest BCUT2D eigenvalue weighted by Gasteiger charge is 2.40. The van der Waals surface area contributed by atoms with Gasteiger partial charge in [0.15, 0.2) is 0 Å². The van der Waals surface area contributed by atoms with Gasteiger partial charge in [-0.05, 0) is 12.8 Å². The topological polar surface area (TPSA) is 75.7 Å². The van der Waals surface area contributed by atoms with Crippen LogP contribution in [0.5, 0.6) is 0 Å². The van der Waals surface area contributed by atoms with Gasteiger partial charge in [-0.1, -0.05) is 33.6 Å². The van der Waals surface area contributed by atoms with Crippen molar-refractivity contribution >= 4 is 17.7 Å². The van der Waals surface area contributed by atoms with Crippen LogP contribution in [0.1, 0.15) is 52.9 Å². The smallest absolute Gasteiger partial charge is 0.257 e. The van der Waals surface area contributed by atoms with E-state index in [-0.39, 0.29) is 23.8 Å². The zero-order valence-corrected chi connectivity index (χ0v) is 13.8. The average Bonchev–Trinajstić information content (AvgIpc) is 2.82. The molecule has 0 saturated carbocycles. The van der Waals surface area contributed by atoms with Gasteiger partial charge >= 0.3 is 0 Å². The van der Waals surface area contributed by atoms with E-state index in [2.05, 4.69) is 5.32 Å². The molecule has 6 heteroatoms. The van der Waals surface area contributed by atoms with Crippen molar-refractivity contribution in [1.29, 1.82) is 0 Å². The summed E-state index contributed by atoms with van der Waals surface area (Å²) >= 11 is 0. The molecule has 0 aliphatic carbocycles. The Morgan fingerprint density at radius 1 is 1.32 bits per heavy atom. The third-order valence-corrected chi connectivity index (χ3v) is 3.71. The lowest BCUT2D eigenvalue weighted by molar-refractivity contribution is -0.146. The van der Waals surface area contributed by atoms with E-state index in [0.717, 1.165) is 12.8 Å². The van der Waals surface area contributed by atoms with E-state index < -0.39 is 6.04 Å². The van der Waals surface area contributed by atoms with Gasteiger partial charge in [0.25, 0.3) is 11.8 Å². The van der Waals surface area contributed by atoms with Crippen molar-refractivity contribution in [3.05, 3.63) is 11.8 Å². The molecule has 0 aromatic rings. The third-order valence-electron chi connectivity index (χ3n) is 3.71. The van der Waals surface area contributed by atoms with Crippen LogP contribution in [0.4, 0.5) is 0 Å². The summed E-state index contributed by atoms with van der Waals surface area (Å²) in [5, 5.41) is 2.71. The number of carbonyl (C=O) groups is 3. The number of imide groups is 1. The first-order chi connectivity index (χ1) is 10.5. The number of nitrogens with zero attached hydrogens (tertiary/aromatic N) is 1. The van der Waals surface area contributed by atoms with Crippen LogP contribution >= 0.6 is 0 Å². The molecule has 1 heterocycles. The van der Waals surface area contributed by atoms with Crippen molar-refractivity contribution in [2.45, 2.75) is 65.0 Å². The Morgan fingerprint density at radius 2 is 2.00 bits per heavy atom. The molecule has 0 aromatic carbocycles. The van der Waals surface area contributed by atoms with E-state index in [4.69, 9.17) is 4.74 Å². The quantitative estimate of drug-likeness (QED) is 0.741. The minimum Gasteiger partial charge on any atom is -0.499 e. The summed E-state index contributed by atoms with van der Waals surface area (Å²) in [5.41, 5.74) is 0. The molecule has 0 unspecified atom stereocenters. The van der Waals surface area contributed by atoms with Crippen LogP contribution in [0.2, 0.25) is 0 Å². The lowest BCUT2D eigenvalue weighted by Gasteiger charge is -2.28. The van der Waals surface area contributed by atoms with Gasteiger partial charge in [0, 0.05) is 12.5 Å². The summed E-state index contributed by atoms with van der Waals surface area (Å²) in [4.78, 5) is 37.8. The predicted octanol–water partition coefficient (Wildman–Crippen LogP) is 1.75. The van der Waals surface area contributed by atoms with E-state index in [1.165, 1.54) is 18.1 Å². The number of rotatable bonds is 8. The van der Waals surface area contributed by atoms with Crippen LogP contribution in [0.25, 0.3) is 0 Å². The third kappa shape index (κ3) is 4.08. The highest BCUT2D eigenvalue weighted by atomic mass is 16.5. The van der Waals surface area contributed by atoms with Crippen molar-refractivity contribution < 1.29 is 19.1 Å². The minimum atomic E-state index is -0.662.